The van der Waals surface area contributed by atoms with Crippen LogP contribution < -0.4 is 5.32 Å². The van der Waals surface area contributed by atoms with Crippen molar-refractivity contribution in [3.8, 4) is 0 Å². The molecular formula is C18H28N2O2. The number of methoxy groups -OCH3 is 1. The number of hydrogen-bond donors (Lipinski definition) is 1. The zero-order valence-electron chi connectivity index (χ0n) is 14.0. The van der Waals surface area contributed by atoms with Crippen LogP contribution in [0.5, 0.6) is 0 Å². The molecule has 0 unspecified atom stereocenters. The summed E-state index contributed by atoms with van der Waals surface area (Å²) >= 11 is 0. The Labute approximate surface area is 133 Å². The summed E-state index contributed by atoms with van der Waals surface area (Å²) in [6.45, 7) is 6.59. The number of unbranched alkanes of at least 4 members (excludes halogenated alkanes) is 1. The second-order valence-electron chi connectivity index (χ2n) is 6.22. The Morgan fingerprint density at radius 1 is 1.36 bits per heavy atom. The van der Waals surface area contributed by atoms with Gasteiger partial charge in [0.25, 0.3) is 0 Å². The monoisotopic (exact) mass is 304 g/mol. The predicted octanol–water partition coefficient (Wildman–Crippen LogP) is 3.31. The van der Waals surface area contributed by atoms with Crippen LogP contribution in [-0.2, 0) is 4.74 Å². The van der Waals surface area contributed by atoms with Gasteiger partial charge in [0.1, 0.15) is 0 Å². The van der Waals surface area contributed by atoms with Crippen LogP contribution in [0.1, 0.15) is 43.2 Å². The SMILES string of the molecule is COCCCCNC(=O)N1C[C@@H](c2ccccc2C)C[C@H]1C. The van der Waals surface area contributed by atoms with Crippen LogP contribution in [-0.4, -0.2) is 43.8 Å². The Hall–Kier alpha value is -1.55. The molecule has 0 aliphatic carbocycles. The van der Waals surface area contributed by atoms with E-state index in [1.807, 2.05) is 4.90 Å². The van der Waals surface area contributed by atoms with E-state index in [-0.39, 0.29) is 6.03 Å². The highest BCUT2D eigenvalue weighted by molar-refractivity contribution is 5.75. The van der Waals surface area contributed by atoms with Gasteiger partial charge in [0.2, 0.25) is 0 Å². The lowest BCUT2D eigenvalue weighted by Gasteiger charge is -2.22. The zero-order valence-corrected chi connectivity index (χ0v) is 14.0. The van der Waals surface area contributed by atoms with Gasteiger partial charge in [-0.2, -0.15) is 0 Å². The molecule has 1 aliphatic heterocycles. The molecule has 0 saturated carbocycles. The zero-order chi connectivity index (χ0) is 15.9. The van der Waals surface area contributed by atoms with Crippen LogP contribution >= 0.6 is 0 Å². The summed E-state index contributed by atoms with van der Waals surface area (Å²) < 4.78 is 5.02. The number of urea groups is 1. The van der Waals surface area contributed by atoms with Crippen molar-refractivity contribution in [2.75, 3.05) is 26.8 Å². The molecule has 1 N–H and O–H groups in total. The Kier molecular flexibility index (Phi) is 6.25. The number of carbonyl (C=O) groups is 1. The van der Waals surface area contributed by atoms with Gasteiger partial charge in [0.15, 0.2) is 0 Å². The van der Waals surface area contributed by atoms with E-state index in [4.69, 9.17) is 4.74 Å². The molecule has 1 aromatic rings. The van der Waals surface area contributed by atoms with Crippen molar-refractivity contribution in [3.63, 3.8) is 0 Å². The summed E-state index contributed by atoms with van der Waals surface area (Å²) in [7, 11) is 1.70. The first-order valence-electron chi connectivity index (χ1n) is 8.22. The molecule has 2 rings (SSSR count). The maximum atomic E-state index is 12.3. The van der Waals surface area contributed by atoms with E-state index in [0.717, 1.165) is 39.0 Å². The van der Waals surface area contributed by atoms with E-state index in [1.165, 1.54) is 11.1 Å². The van der Waals surface area contributed by atoms with Gasteiger partial charge in [-0.25, -0.2) is 4.79 Å². The third-order valence-corrected chi connectivity index (χ3v) is 4.52. The van der Waals surface area contributed by atoms with Gasteiger partial charge in [-0.05, 0) is 44.2 Å². The van der Waals surface area contributed by atoms with Crippen LogP contribution in [0.3, 0.4) is 0 Å². The molecular weight excluding hydrogens is 276 g/mol. The van der Waals surface area contributed by atoms with Crippen molar-refractivity contribution in [2.45, 2.75) is 45.1 Å². The fourth-order valence-electron chi connectivity index (χ4n) is 3.25. The van der Waals surface area contributed by atoms with E-state index in [0.29, 0.717) is 12.0 Å². The maximum Gasteiger partial charge on any atom is 0.317 e. The Morgan fingerprint density at radius 3 is 2.86 bits per heavy atom. The molecule has 0 spiro atoms. The predicted molar refractivity (Wildman–Crippen MR) is 89.2 cm³/mol. The number of nitrogens with one attached hydrogen (secondary N) is 1. The Balaban J connectivity index is 1.85. The second kappa shape index (κ2) is 8.18. The first kappa shape index (κ1) is 16.8. The average molecular weight is 304 g/mol. The standard InChI is InChI=1S/C18H28N2O2/c1-14-8-4-5-9-17(14)16-12-15(2)20(13-16)18(21)19-10-6-7-11-22-3/h4-5,8-9,15-16H,6-7,10-13H2,1-3H3,(H,19,21)/t15-,16+/m1/s1. The Morgan fingerprint density at radius 2 is 2.14 bits per heavy atom. The minimum Gasteiger partial charge on any atom is -0.385 e. The highest BCUT2D eigenvalue weighted by Gasteiger charge is 2.33. The van der Waals surface area contributed by atoms with E-state index < -0.39 is 0 Å². The lowest BCUT2D eigenvalue weighted by atomic mass is 9.93. The van der Waals surface area contributed by atoms with Crippen LogP contribution in [0, 0.1) is 6.92 Å². The molecule has 0 bridgehead atoms. The number of rotatable bonds is 6. The highest BCUT2D eigenvalue weighted by Crippen LogP contribution is 2.33. The van der Waals surface area contributed by atoms with Gasteiger partial charge < -0.3 is 15.0 Å². The van der Waals surface area contributed by atoms with Crippen molar-refractivity contribution in [2.24, 2.45) is 0 Å². The third-order valence-electron chi connectivity index (χ3n) is 4.52. The minimum absolute atomic E-state index is 0.0704. The van der Waals surface area contributed by atoms with Crippen LogP contribution in [0.4, 0.5) is 4.79 Å². The first-order chi connectivity index (χ1) is 10.6. The summed E-state index contributed by atoms with van der Waals surface area (Å²) in [6.07, 6.45) is 2.99. The van der Waals surface area contributed by atoms with E-state index in [9.17, 15) is 4.79 Å². The number of carbonyl (C=O) groups excluding carboxylic acids is 1. The molecule has 1 fully saturated rings. The fourth-order valence-corrected chi connectivity index (χ4v) is 3.25. The quantitative estimate of drug-likeness (QED) is 0.819. The fraction of sp³-hybridized carbons (Fsp3) is 0.611. The number of amides is 2. The van der Waals surface area contributed by atoms with Gasteiger partial charge in [0, 0.05) is 38.8 Å². The number of hydrogen-bond acceptors (Lipinski definition) is 2. The molecule has 1 saturated heterocycles. The van der Waals surface area contributed by atoms with Crippen molar-refractivity contribution < 1.29 is 9.53 Å². The molecule has 122 valence electrons. The second-order valence-corrected chi connectivity index (χ2v) is 6.22. The van der Waals surface area contributed by atoms with E-state index in [2.05, 4.69) is 43.4 Å². The number of likely N-dealkylation sites (tertiary alicyclic amines) is 1. The average Bonchev–Trinajstić information content (AvgIpc) is 2.89. The number of benzene rings is 1. The van der Waals surface area contributed by atoms with Crippen LogP contribution in [0.2, 0.25) is 0 Å². The lowest BCUT2D eigenvalue weighted by Crippen LogP contribution is -2.42. The first-order valence-corrected chi connectivity index (χ1v) is 8.22. The molecule has 2 amide bonds. The normalized spacial score (nSPS) is 21.1. The molecule has 4 nitrogen and oxygen atoms in total. The number of nitrogens with zero attached hydrogens (tertiary/aromatic N) is 1. The Bertz CT molecular complexity index is 490. The smallest absolute Gasteiger partial charge is 0.317 e. The number of ether oxygens (including phenoxy) is 1. The molecule has 0 aromatic heterocycles. The van der Waals surface area contributed by atoms with Crippen LogP contribution in [0.15, 0.2) is 24.3 Å². The summed E-state index contributed by atoms with van der Waals surface area (Å²) in [5.74, 6) is 0.454. The molecule has 1 aromatic carbocycles. The van der Waals surface area contributed by atoms with Gasteiger partial charge in [-0.3, -0.25) is 0 Å². The summed E-state index contributed by atoms with van der Waals surface area (Å²) in [5.41, 5.74) is 2.70. The summed E-state index contributed by atoms with van der Waals surface area (Å²) in [5, 5.41) is 3.03. The van der Waals surface area contributed by atoms with Gasteiger partial charge in [-0.1, -0.05) is 24.3 Å². The number of aryl methyl sites for hydroxylation is 1. The van der Waals surface area contributed by atoms with Crippen molar-refractivity contribution in [3.05, 3.63) is 35.4 Å². The summed E-state index contributed by atoms with van der Waals surface area (Å²) in [6, 6.07) is 8.87. The highest BCUT2D eigenvalue weighted by atomic mass is 16.5. The molecule has 0 radical (unpaired) electrons. The third kappa shape index (κ3) is 4.23. The summed E-state index contributed by atoms with van der Waals surface area (Å²) in [4.78, 5) is 14.3. The minimum atomic E-state index is 0.0704. The van der Waals surface area contributed by atoms with Gasteiger partial charge in [0.05, 0.1) is 0 Å². The van der Waals surface area contributed by atoms with Gasteiger partial charge >= 0.3 is 6.03 Å². The van der Waals surface area contributed by atoms with E-state index in [1.54, 1.807) is 7.11 Å². The van der Waals surface area contributed by atoms with Crippen LogP contribution in [0.25, 0.3) is 0 Å². The van der Waals surface area contributed by atoms with Crippen molar-refractivity contribution in [1.29, 1.82) is 0 Å². The van der Waals surface area contributed by atoms with Gasteiger partial charge in [-0.15, -0.1) is 0 Å². The van der Waals surface area contributed by atoms with Crippen molar-refractivity contribution in [1.82, 2.24) is 10.2 Å². The van der Waals surface area contributed by atoms with Crippen molar-refractivity contribution >= 4 is 6.03 Å². The molecule has 1 aliphatic rings. The van der Waals surface area contributed by atoms with E-state index >= 15 is 0 Å². The molecule has 1 heterocycles. The topological polar surface area (TPSA) is 41.6 Å². The molecule has 2 atom stereocenters. The molecule has 22 heavy (non-hydrogen) atoms. The lowest BCUT2D eigenvalue weighted by molar-refractivity contribution is 0.187. The largest absolute Gasteiger partial charge is 0.385 e. The molecule has 4 heteroatoms. The maximum absolute atomic E-state index is 12.3.